The van der Waals surface area contributed by atoms with Crippen LogP contribution in [-0.2, 0) is 4.74 Å². The first-order valence-corrected chi connectivity index (χ1v) is 6.07. The summed E-state index contributed by atoms with van der Waals surface area (Å²) in [6.45, 7) is 5.85. The molecule has 0 amide bonds. The van der Waals surface area contributed by atoms with E-state index in [-0.39, 0.29) is 5.97 Å². The Labute approximate surface area is 104 Å². The number of carbonyl (C=O) groups is 1. The second-order valence-electron chi connectivity index (χ2n) is 3.85. The molecule has 0 radical (unpaired) electrons. The Kier molecular flexibility index (Phi) is 3.02. The van der Waals surface area contributed by atoms with E-state index in [4.69, 9.17) is 4.74 Å². The van der Waals surface area contributed by atoms with Gasteiger partial charge in [-0.3, -0.25) is 4.57 Å². The number of esters is 1. The van der Waals surface area contributed by atoms with Crippen LogP contribution in [0.2, 0.25) is 0 Å². The number of ether oxygens (including phenoxy) is 1. The number of aromatic nitrogens is 2. The van der Waals surface area contributed by atoms with Crippen molar-refractivity contribution >= 4 is 17.3 Å². The molecule has 0 atom stereocenters. The third-order valence-corrected chi connectivity index (χ3v) is 3.74. The molecule has 0 aliphatic heterocycles. The van der Waals surface area contributed by atoms with Crippen LogP contribution >= 0.6 is 11.3 Å². The van der Waals surface area contributed by atoms with Gasteiger partial charge in [0, 0.05) is 11.4 Å². The number of hydrogen-bond donors (Lipinski definition) is 0. The minimum absolute atomic E-state index is 0.325. The van der Waals surface area contributed by atoms with E-state index in [0.29, 0.717) is 10.6 Å². The molecule has 0 saturated heterocycles. The van der Waals surface area contributed by atoms with Gasteiger partial charge in [0.05, 0.1) is 12.8 Å². The summed E-state index contributed by atoms with van der Waals surface area (Å²) in [6, 6.07) is 4.06. The maximum absolute atomic E-state index is 11.5. The molecular weight excluding hydrogens is 236 g/mol. The molecule has 0 aromatic carbocycles. The van der Waals surface area contributed by atoms with Crippen LogP contribution in [0.4, 0.5) is 0 Å². The highest BCUT2D eigenvalue weighted by atomic mass is 32.1. The summed E-state index contributed by atoms with van der Waals surface area (Å²) >= 11 is 1.36. The fraction of sp³-hybridized carbons (Fsp3) is 0.333. The zero-order chi connectivity index (χ0) is 12.6. The van der Waals surface area contributed by atoms with E-state index in [1.165, 1.54) is 18.4 Å². The lowest BCUT2D eigenvalue weighted by atomic mass is 10.4. The van der Waals surface area contributed by atoms with Crippen molar-refractivity contribution in [1.29, 1.82) is 0 Å². The van der Waals surface area contributed by atoms with E-state index < -0.39 is 0 Å². The third-order valence-electron chi connectivity index (χ3n) is 2.62. The Morgan fingerprint density at radius 3 is 2.41 bits per heavy atom. The van der Waals surface area contributed by atoms with Crippen molar-refractivity contribution in [2.45, 2.75) is 20.8 Å². The van der Waals surface area contributed by atoms with Gasteiger partial charge < -0.3 is 4.74 Å². The lowest BCUT2D eigenvalue weighted by molar-refractivity contribution is 0.0605. The lowest BCUT2D eigenvalue weighted by Gasteiger charge is -2.03. The monoisotopic (exact) mass is 250 g/mol. The first kappa shape index (κ1) is 11.9. The van der Waals surface area contributed by atoms with Gasteiger partial charge in [-0.1, -0.05) is 11.3 Å². The number of nitrogens with zero attached hydrogens (tertiary/aromatic N) is 2. The molecule has 0 aliphatic carbocycles. The highest BCUT2D eigenvalue weighted by Crippen LogP contribution is 2.25. The normalized spacial score (nSPS) is 10.6. The Bertz CT molecular complexity index is 550. The van der Waals surface area contributed by atoms with Crippen LogP contribution in [0.25, 0.3) is 5.13 Å². The van der Waals surface area contributed by atoms with Crippen LogP contribution in [-0.4, -0.2) is 22.6 Å². The molecule has 0 N–H and O–H groups in total. The predicted octanol–water partition coefficient (Wildman–Crippen LogP) is 2.65. The highest BCUT2D eigenvalue weighted by molar-refractivity contribution is 7.16. The van der Waals surface area contributed by atoms with E-state index >= 15 is 0 Å². The number of carbonyl (C=O) groups excluding carboxylic acids is 1. The number of aryl methyl sites for hydroxylation is 3. The molecule has 2 heterocycles. The zero-order valence-electron chi connectivity index (χ0n) is 10.3. The second-order valence-corrected chi connectivity index (χ2v) is 4.83. The van der Waals surface area contributed by atoms with Crippen molar-refractivity contribution in [3.8, 4) is 5.13 Å². The maximum Gasteiger partial charge on any atom is 0.350 e. The quantitative estimate of drug-likeness (QED) is 0.770. The minimum Gasteiger partial charge on any atom is -0.465 e. The highest BCUT2D eigenvalue weighted by Gasteiger charge is 2.17. The van der Waals surface area contributed by atoms with Crippen LogP contribution in [0.3, 0.4) is 0 Å². The summed E-state index contributed by atoms with van der Waals surface area (Å²) in [5, 5.41) is 0.808. The van der Waals surface area contributed by atoms with E-state index in [9.17, 15) is 4.79 Å². The Balaban J connectivity index is 2.52. The van der Waals surface area contributed by atoms with Crippen molar-refractivity contribution in [3.63, 3.8) is 0 Å². The standard InChI is InChI=1S/C12H14N2O2S/c1-7-5-6-8(2)14(7)12-13-9(3)10(17-12)11(15)16-4/h5-6H,1-4H3. The lowest BCUT2D eigenvalue weighted by Crippen LogP contribution is -1.99. The second kappa shape index (κ2) is 4.33. The average Bonchev–Trinajstić information content (AvgIpc) is 2.81. The van der Waals surface area contributed by atoms with Crippen molar-refractivity contribution in [3.05, 3.63) is 34.1 Å². The smallest absolute Gasteiger partial charge is 0.350 e. The van der Waals surface area contributed by atoms with Gasteiger partial charge in [-0.25, -0.2) is 9.78 Å². The van der Waals surface area contributed by atoms with Crippen molar-refractivity contribution in [2.24, 2.45) is 0 Å². The first-order chi connectivity index (χ1) is 8.04. The Hall–Kier alpha value is -1.62. The number of rotatable bonds is 2. The molecule has 2 aromatic heterocycles. The average molecular weight is 250 g/mol. The molecule has 0 unspecified atom stereocenters. The zero-order valence-corrected chi connectivity index (χ0v) is 11.1. The fourth-order valence-electron chi connectivity index (χ4n) is 1.73. The van der Waals surface area contributed by atoms with E-state index in [1.807, 2.05) is 37.5 Å². The maximum atomic E-state index is 11.5. The molecule has 17 heavy (non-hydrogen) atoms. The van der Waals surface area contributed by atoms with E-state index in [2.05, 4.69) is 4.98 Å². The van der Waals surface area contributed by atoms with Crippen molar-refractivity contribution < 1.29 is 9.53 Å². The van der Waals surface area contributed by atoms with Crippen LogP contribution < -0.4 is 0 Å². The van der Waals surface area contributed by atoms with Gasteiger partial charge in [0.15, 0.2) is 5.13 Å². The first-order valence-electron chi connectivity index (χ1n) is 5.25. The summed E-state index contributed by atoms with van der Waals surface area (Å²) < 4.78 is 6.76. The molecule has 0 saturated carbocycles. The summed E-state index contributed by atoms with van der Waals surface area (Å²) in [7, 11) is 1.38. The van der Waals surface area contributed by atoms with Gasteiger partial charge in [-0.05, 0) is 32.9 Å². The van der Waals surface area contributed by atoms with Gasteiger partial charge in [0.25, 0.3) is 0 Å². The van der Waals surface area contributed by atoms with Gasteiger partial charge in [0.2, 0.25) is 0 Å². The van der Waals surface area contributed by atoms with Gasteiger partial charge >= 0.3 is 5.97 Å². The SMILES string of the molecule is COC(=O)c1sc(-n2c(C)ccc2C)nc1C. The summed E-state index contributed by atoms with van der Waals surface area (Å²) in [6.07, 6.45) is 0. The predicted molar refractivity (Wildman–Crippen MR) is 67.0 cm³/mol. The van der Waals surface area contributed by atoms with Gasteiger partial charge in [-0.15, -0.1) is 0 Å². The molecule has 5 heteroatoms. The summed E-state index contributed by atoms with van der Waals surface area (Å²) in [5.74, 6) is -0.325. The molecule has 2 aromatic rings. The molecule has 0 spiro atoms. The number of methoxy groups -OCH3 is 1. The molecular formula is C12H14N2O2S. The Morgan fingerprint density at radius 1 is 1.29 bits per heavy atom. The Morgan fingerprint density at radius 2 is 1.88 bits per heavy atom. The van der Waals surface area contributed by atoms with E-state index in [0.717, 1.165) is 16.5 Å². The van der Waals surface area contributed by atoms with Crippen LogP contribution in [0.15, 0.2) is 12.1 Å². The van der Waals surface area contributed by atoms with Crippen molar-refractivity contribution in [2.75, 3.05) is 7.11 Å². The topological polar surface area (TPSA) is 44.1 Å². The van der Waals surface area contributed by atoms with Crippen LogP contribution in [0.1, 0.15) is 26.8 Å². The molecule has 90 valence electrons. The minimum atomic E-state index is -0.325. The molecule has 0 bridgehead atoms. The van der Waals surface area contributed by atoms with Gasteiger partial charge in [-0.2, -0.15) is 0 Å². The molecule has 0 aliphatic rings. The summed E-state index contributed by atoms with van der Waals surface area (Å²) in [5.41, 5.74) is 2.92. The van der Waals surface area contributed by atoms with Crippen LogP contribution in [0, 0.1) is 20.8 Å². The number of hydrogen-bond acceptors (Lipinski definition) is 4. The molecule has 4 nitrogen and oxygen atoms in total. The van der Waals surface area contributed by atoms with Crippen molar-refractivity contribution in [1.82, 2.24) is 9.55 Å². The number of thiazole rings is 1. The third kappa shape index (κ3) is 1.98. The largest absolute Gasteiger partial charge is 0.465 e. The van der Waals surface area contributed by atoms with Crippen LogP contribution in [0.5, 0.6) is 0 Å². The molecule has 2 rings (SSSR count). The van der Waals surface area contributed by atoms with E-state index in [1.54, 1.807) is 0 Å². The fourth-order valence-corrected chi connectivity index (χ4v) is 2.83. The van der Waals surface area contributed by atoms with Gasteiger partial charge in [0.1, 0.15) is 4.88 Å². The molecule has 0 fully saturated rings. The summed E-state index contributed by atoms with van der Waals surface area (Å²) in [4.78, 5) is 16.5.